The summed E-state index contributed by atoms with van der Waals surface area (Å²) in [5.74, 6) is -0.577. The molecule has 0 aliphatic carbocycles. The molecule has 6 nitrogen and oxygen atoms in total. The normalized spacial score (nSPS) is 12.8. The molecule has 0 fully saturated rings. The van der Waals surface area contributed by atoms with Gasteiger partial charge in [-0.2, -0.15) is 13.2 Å². The molecule has 0 aromatic heterocycles. The SMILES string of the molecule is COc1ccc(Oc2ccc(OC(=O)c3ccc(-c4ccc(C(C)=O)cc4)cc3)c(C(C)(O)C(F)(F)F)c2)cc1. The molecular formula is C31H25F3O6. The number of hydrogen-bond acceptors (Lipinski definition) is 6. The van der Waals surface area contributed by atoms with E-state index in [9.17, 15) is 27.9 Å². The lowest BCUT2D eigenvalue weighted by molar-refractivity contribution is -0.259. The number of rotatable bonds is 8. The summed E-state index contributed by atoms with van der Waals surface area (Å²) in [5.41, 5.74) is -1.83. The quantitative estimate of drug-likeness (QED) is 0.140. The topological polar surface area (TPSA) is 82.1 Å². The van der Waals surface area contributed by atoms with E-state index in [1.54, 1.807) is 60.7 Å². The molecular weight excluding hydrogens is 525 g/mol. The minimum absolute atomic E-state index is 0.00960. The first-order valence-corrected chi connectivity index (χ1v) is 12.1. The maximum atomic E-state index is 13.8. The van der Waals surface area contributed by atoms with Gasteiger partial charge in [-0.25, -0.2) is 4.79 Å². The number of aliphatic hydroxyl groups is 1. The molecule has 4 rings (SSSR count). The second-order valence-corrected chi connectivity index (χ2v) is 9.11. The van der Waals surface area contributed by atoms with E-state index in [4.69, 9.17) is 14.2 Å². The van der Waals surface area contributed by atoms with Crippen molar-refractivity contribution >= 4 is 11.8 Å². The third kappa shape index (κ3) is 6.16. The highest BCUT2D eigenvalue weighted by Crippen LogP contribution is 2.44. The Labute approximate surface area is 228 Å². The fourth-order valence-corrected chi connectivity index (χ4v) is 3.83. The minimum atomic E-state index is -5.08. The Bertz CT molecular complexity index is 1510. The van der Waals surface area contributed by atoms with Crippen LogP contribution in [0.2, 0.25) is 0 Å². The van der Waals surface area contributed by atoms with E-state index in [0.29, 0.717) is 24.0 Å². The smallest absolute Gasteiger partial charge is 0.421 e. The first-order valence-electron chi connectivity index (χ1n) is 12.1. The van der Waals surface area contributed by atoms with Gasteiger partial charge in [0.1, 0.15) is 23.0 Å². The van der Waals surface area contributed by atoms with Gasteiger partial charge >= 0.3 is 12.1 Å². The lowest BCUT2D eigenvalue weighted by Crippen LogP contribution is -2.39. The van der Waals surface area contributed by atoms with Crippen molar-refractivity contribution in [2.24, 2.45) is 0 Å². The van der Waals surface area contributed by atoms with Crippen LogP contribution in [0.4, 0.5) is 13.2 Å². The van der Waals surface area contributed by atoms with Gasteiger partial charge in [-0.3, -0.25) is 4.79 Å². The van der Waals surface area contributed by atoms with E-state index in [0.717, 1.165) is 23.3 Å². The van der Waals surface area contributed by atoms with Crippen molar-refractivity contribution in [2.45, 2.75) is 25.6 Å². The Kier molecular flexibility index (Phi) is 7.97. The fraction of sp³-hybridized carbons (Fsp3) is 0.161. The van der Waals surface area contributed by atoms with Crippen LogP contribution in [0, 0.1) is 0 Å². The van der Waals surface area contributed by atoms with Gasteiger partial charge in [-0.1, -0.05) is 36.4 Å². The summed E-state index contributed by atoms with van der Waals surface area (Å²) in [4.78, 5) is 24.4. The number of alkyl halides is 3. The number of esters is 1. The van der Waals surface area contributed by atoms with Gasteiger partial charge in [0.15, 0.2) is 11.4 Å². The maximum absolute atomic E-state index is 13.8. The maximum Gasteiger partial charge on any atom is 0.421 e. The van der Waals surface area contributed by atoms with Crippen LogP contribution in [-0.4, -0.2) is 30.1 Å². The number of methoxy groups -OCH3 is 1. The molecule has 9 heteroatoms. The Balaban J connectivity index is 1.59. The lowest BCUT2D eigenvalue weighted by atomic mass is 9.94. The van der Waals surface area contributed by atoms with E-state index in [1.165, 1.54) is 32.2 Å². The van der Waals surface area contributed by atoms with Crippen LogP contribution in [0.5, 0.6) is 23.0 Å². The molecule has 0 aliphatic heterocycles. The molecule has 1 atom stereocenters. The largest absolute Gasteiger partial charge is 0.497 e. The number of halogens is 3. The van der Waals surface area contributed by atoms with Crippen molar-refractivity contribution in [3.63, 3.8) is 0 Å². The lowest BCUT2D eigenvalue weighted by Gasteiger charge is -2.28. The number of hydrogen-bond donors (Lipinski definition) is 1. The van der Waals surface area contributed by atoms with Gasteiger partial charge in [0.05, 0.1) is 12.7 Å². The van der Waals surface area contributed by atoms with Crippen molar-refractivity contribution in [2.75, 3.05) is 7.11 Å². The molecule has 1 N–H and O–H groups in total. The highest BCUT2D eigenvalue weighted by molar-refractivity contribution is 5.94. The number of ketones is 1. The number of ether oxygens (including phenoxy) is 3. The van der Waals surface area contributed by atoms with Crippen LogP contribution < -0.4 is 14.2 Å². The number of benzene rings is 4. The molecule has 0 saturated carbocycles. The van der Waals surface area contributed by atoms with E-state index in [1.807, 2.05) is 0 Å². The monoisotopic (exact) mass is 550 g/mol. The highest BCUT2D eigenvalue weighted by Gasteiger charge is 2.53. The Morgan fingerprint density at radius 3 is 1.73 bits per heavy atom. The van der Waals surface area contributed by atoms with Crippen LogP contribution in [0.3, 0.4) is 0 Å². The van der Waals surface area contributed by atoms with Crippen LogP contribution in [0.15, 0.2) is 91.0 Å². The van der Waals surface area contributed by atoms with E-state index in [-0.39, 0.29) is 17.1 Å². The van der Waals surface area contributed by atoms with Gasteiger partial charge in [0, 0.05) is 11.1 Å². The molecule has 0 saturated heterocycles. The highest BCUT2D eigenvalue weighted by atomic mass is 19.4. The van der Waals surface area contributed by atoms with Gasteiger partial charge < -0.3 is 19.3 Å². The van der Waals surface area contributed by atoms with Gasteiger partial charge in [-0.15, -0.1) is 0 Å². The molecule has 4 aromatic carbocycles. The van der Waals surface area contributed by atoms with E-state index >= 15 is 0 Å². The van der Waals surface area contributed by atoms with E-state index in [2.05, 4.69) is 0 Å². The number of carbonyl (C=O) groups excluding carboxylic acids is 2. The Hall–Kier alpha value is -4.63. The zero-order valence-corrected chi connectivity index (χ0v) is 21.8. The van der Waals surface area contributed by atoms with E-state index < -0.39 is 29.1 Å². The van der Waals surface area contributed by atoms with Crippen molar-refractivity contribution in [3.05, 3.63) is 108 Å². The Morgan fingerprint density at radius 1 is 0.725 bits per heavy atom. The molecule has 0 aliphatic rings. The van der Waals surface area contributed by atoms with Gasteiger partial charge in [-0.05, 0) is 79.6 Å². The number of Topliss-reactive ketones (excluding diaryl/α,β-unsaturated/α-hetero) is 1. The zero-order chi connectivity index (χ0) is 29.1. The summed E-state index contributed by atoms with van der Waals surface area (Å²) in [7, 11) is 1.49. The molecule has 0 heterocycles. The summed E-state index contributed by atoms with van der Waals surface area (Å²) in [6, 6.07) is 23.0. The third-order valence-corrected chi connectivity index (χ3v) is 6.27. The second-order valence-electron chi connectivity index (χ2n) is 9.11. The summed E-state index contributed by atoms with van der Waals surface area (Å²) < 4.78 is 57.5. The van der Waals surface area contributed by atoms with Crippen LogP contribution >= 0.6 is 0 Å². The average molecular weight is 551 g/mol. The Morgan fingerprint density at radius 2 is 1.23 bits per heavy atom. The summed E-state index contributed by atoms with van der Waals surface area (Å²) in [6.45, 7) is 2.04. The van der Waals surface area contributed by atoms with Crippen molar-refractivity contribution in [3.8, 4) is 34.1 Å². The molecule has 1 unspecified atom stereocenters. The van der Waals surface area contributed by atoms with Crippen LogP contribution in [0.1, 0.15) is 40.1 Å². The second kappa shape index (κ2) is 11.2. The number of carbonyl (C=O) groups is 2. The molecule has 0 spiro atoms. The summed E-state index contributed by atoms with van der Waals surface area (Å²) in [5, 5.41) is 10.5. The third-order valence-electron chi connectivity index (χ3n) is 6.27. The fourth-order valence-electron chi connectivity index (χ4n) is 3.83. The first-order chi connectivity index (χ1) is 18.9. The minimum Gasteiger partial charge on any atom is -0.497 e. The molecule has 0 bridgehead atoms. The summed E-state index contributed by atoms with van der Waals surface area (Å²) in [6.07, 6.45) is -5.08. The predicted octanol–water partition coefficient (Wildman–Crippen LogP) is 7.35. The first kappa shape index (κ1) is 28.4. The van der Waals surface area contributed by atoms with Gasteiger partial charge in [0.25, 0.3) is 0 Å². The summed E-state index contributed by atoms with van der Waals surface area (Å²) >= 11 is 0. The average Bonchev–Trinajstić information content (AvgIpc) is 2.93. The molecule has 0 amide bonds. The van der Waals surface area contributed by atoms with Crippen molar-refractivity contribution in [1.29, 1.82) is 0 Å². The van der Waals surface area contributed by atoms with Crippen molar-refractivity contribution in [1.82, 2.24) is 0 Å². The van der Waals surface area contributed by atoms with Crippen LogP contribution in [0.25, 0.3) is 11.1 Å². The molecule has 4 aromatic rings. The molecule has 0 radical (unpaired) electrons. The predicted molar refractivity (Wildman–Crippen MR) is 142 cm³/mol. The van der Waals surface area contributed by atoms with Crippen molar-refractivity contribution < 1.29 is 42.1 Å². The van der Waals surface area contributed by atoms with Crippen LogP contribution in [-0.2, 0) is 5.60 Å². The van der Waals surface area contributed by atoms with Gasteiger partial charge in [0.2, 0.25) is 0 Å². The zero-order valence-electron chi connectivity index (χ0n) is 21.8. The molecule has 40 heavy (non-hydrogen) atoms. The molecule has 206 valence electrons. The standard InChI is InChI=1S/C31H25F3O6/c1-19(35)20-4-6-21(7-5-20)22-8-10-23(11-9-22)29(36)40-28-17-16-26(18-27(28)30(2,37)31(32,33)34)39-25-14-12-24(38-3)13-15-25/h4-18,37H,1-3H3.